The van der Waals surface area contributed by atoms with E-state index in [0.717, 1.165) is 21.4 Å². The first-order valence-electron chi connectivity index (χ1n) is 9.72. The minimum atomic E-state index is -0.596. The number of nitrogens with zero attached hydrogens (tertiary/aromatic N) is 1. The summed E-state index contributed by atoms with van der Waals surface area (Å²) >= 11 is 3.29. The molecule has 3 aromatic rings. The number of ether oxygens (including phenoxy) is 1. The molecule has 0 radical (unpaired) electrons. The Bertz CT molecular complexity index is 1310. The highest BCUT2D eigenvalue weighted by molar-refractivity contribution is 9.10. The second kappa shape index (κ2) is 8.11. The molecule has 2 heterocycles. The van der Waals surface area contributed by atoms with Crippen molar-refractivity contribution in [1.29, 1.82) is 0 Å². The molecular formula is C23H18BrNO6. The zero-order valence-electron chi connectivity index (χ0n) is 16.9. The predicted molar refractivity (Wildman–Crippen MR) is 116 cm³/mol. The van der Waals surface area contributed by atoms with Crippen LogP contribution in [0.1, 0.15) is 45.2 Å². The number of carbonyl (C=O) groups is 3. The van der Waals surface area contributed by atoms with E-state index >= 15 is 0 Å². The maximum Gasteiger partial charge on any atom is 0.336 e. The second-order valence-electron chi connectivity index (χ2n) is 7.23. The van der Waals surface area contributed by atoms with Gasteiger partial charge < -0.3 is 9.15 Å². The Morgan fingerprint density at radius 1 is 1.06 bits per heavy atom. The highest BCUT2D eigenvalue weighted by atomic mass is 79.9. The van der Waals surface area contributed by atoms with Crippen molar-refractivity contribution < 1.29 is 23.5 Å². The fraction of sp³-hybridized carbons (Fsp3) is 0.217. The van der Waals surface area contributed by atoms with Crippen LogP contribution in [0.5, 0.6) is 5.75 Å². The lowest BCUT2D eigenvalue weighted by molar-refractivity contribution is -0.134. The van der Waals surface area contributed by atoms with E-state index in [9.17, 15) is 19.2 Å². The first-order chi connectivity index (χ1) is 14.8. The fourth-order valence-electron chi connectivity index (χ4n) is 3.61. The molecule has 0 bridgehead atoms. The number of hydrogen-bond acceptors (Lipinski definition) is 6. The number of benzene rings is 2. The third-order valence-electron chi connectivity index (χ3n) is 5.21. The summed E-state index contributed by atoms with van der Waals surface area (Å²) in [6.07, 6.45) is 0.440. The van der Waals surface area contributed by atoms with Crippen molar-refractivity contribution in [3.8, 4) is 5.75 Å². The van der Waals surface area contributed by atoms with E-state index in [4.69, 9.17) is 9.15 Å². The van der Waals surface area contributed by atoms with Crippen molar-refractivity contribution >= 4 is 44.7 Å². The topological polar surface area (TPSA) is 93.9 Å². The van der Waals surface area contributed by atoms with Crippen LogP contribution < -0.4 is 10.4 Å². The smallest absolute Gasteiger partial charge is 0.336 e. The summed E-state index contributed by atoms with van der Waals surface area (Å²) in [6.45, 7) is 3.64. The molecule has 7 nitrogen and oxygen atoms in total. The van der Waals surface area contributed by atoms with Crippen molar-refractivity contribution in [3.63, 3.8) is 0 Å². The van der Waals surface area contributed by atoms with E-state index in [1.54, 1.807) is 18.2 Å². The van der Waals surface area contributed by atoms with Crippen molar-refractivity contribution in [3.05, 3.63) is 73.5 Å². The van der Waals surface area contributed by atoms with E-state index in [0.29, 0.717) is 33.4 Å². The van der Waals surface area contributed by atoms with Gasteiger partial charge in [-0.3, -0.25) is 19.3 Å². The number of carbonyl (C=O) groups excluding carboxylic acids is 3. The Hall–Kier alpha value is -3.26. The van der Waals surface area contributed by atoms with E-state index in [1.165, 1.54) is 12.1 Å². The van der Waals surface area contributed by atoms with E-state index < -0.39 is 23.4 Å². The molecule has 0 fully saturated rings. The molecule has 0 saturated carbocycles. The van der Waals surface area contributed by atoms with Crippen LogP contribution in [0.2, 0.25) is 0 Å². The largest absolute Gasteiger partial charge is 0.426 e. The first-order valence-corrected chi connectivity index (χ1v) is 10.5. The summed E-state index contributed by atoms with van der Waals surface area (Å²) in [7, 11) is 0. The molecule has 0 saturated heterocycles. The summed E-state index contributed by atoms with van der Waals surface area (Å²) < 4.78 is 11.4. The molecule has 0 N–H and O–H groups in total. The molecule has 0 atom stereocenters. The van der Waals surface area contributed by atoms with Crippen molar-refractivity contribution in [1.82, 2.24) is 4.90 Å². The third-order valence-corrected chi connectivity index (χ3v) is 5.70. The summed E-state index contributed by atoms with van der Waals surface area (Å²) in [6, 6.07) is 9.63. The monoisotopic (exact) mass is 483 g/mol. The average Bonchev–Trinajstić information content (AvgIpc) is 2.95. The third kappa shape index (κ3) is 3.90. The van der Waals surface area contributed by atoms with Crippen LogP contribution in [0.4, 0.5) is 0 Å². The molecule has 1 aliphatic rings. The SMILES string of the molecule is CCc1cc2c(C)cc(=O)oc2cc1OC(=O)CCN1C(=O)c2ccc(Br)cc2C1=O. The van der Waals surface area contributed by atoms with Crippen molar-refractivity contribution in [2.45, 2.75) is 26.7 Å². The van der Waals surface area contributed by atoms with Crippen LogP contribution in [0.15, 0.2) is 50.1 Å². The second-order valence-corrected chi connectivity index (χ2v) is 8.15. The molecule has 1 aromatic heterocycles. The van der Waals surface area contributed by atoms with Crippen LogP contribution in [0.3, 0.4) is 0 Å². The van der Waals surface area contributed by atoms with E-state index in [2.05, 4.69) is 15.9 Å². The van der Waals surface area contributed by atoms with Crippen molar-refractivity contribution in [2.24, 2.45) is 0 Å². The zero-order valence-corrected chi connectivity index (χ0v) is 18.4. The lowest BCUT2D eigenvalue weighted by Crippen LogP contribution is -2.32. The Labute approximate surface area is 185 Å². The van der Waals surface area contributed by atoms with Gasteiger partial charge in [-0.2, -0.15) is 0 Å². The quantitative estimate of drug-likeness (QED) is 0.235. The summed E-state index contributed by atoms with van der Waals surface area (Å²) in [5.41, 5.74) is 2.02. The van der Waals surface area contributed by atoms with Crippen LogP contribution in [0, 0.1) is 6.92 Å². The molecule has 4 rings (SSSR count). The van der Waals surface area contributed by atoms with Gasteiger partial charge in [-0.25, -0.2) is 4.79 Å². The lowest BCUT2D eigenvalue weighted by Gasteiger charge is -2.14. The minimum Gasteiger partial charge on any atom is -0.426 e. The standard InChI is InChI=1S/C23H18BrNO6/c1-3-13-9-16-12(2)8-21(27)31-19(16)11-18(13)30-20(26)6-7-25-22(28)15-5-4-14(24)10-17(15)23(25)29/h4-5,8-11H,3,6-7H2,1-2H3. The summed E-state index contributed by atoms with van der Waals surface area (Å²) in [5, 5.41) is 0.772. The average molecular weight is 484 g/mol. The number of halogens is 1. The van der Waals surface area contributed by atoms with Crippen LogP contribution in [-0.2, 0) is 11.2 Å². The van der Waals surface area contributed by atoms with Gasteiger partial charge in [0.25, 0.3) is 11.8 Å². The van der Waals surface area contributed by atoms with E-state index in [1.807, 2.05) is 19.9 Å². The highest BCUT2D eigenvalue weighted by Crippen LogP contribution is 2.29. The molecule has 158 valence electrons. The van der Waals surface area contributed by atoms with Gasteiger partial charge in [0.05, 0.1) is 17.5 Å². The maximum absolute atomic E-state index is 12.5. The molecule has 2 amide bonds. The van der Waals surface area contributed by atoms with Crippen LogP contribution in [0.25, 0.3) is 11.0 Å². The van der Waals surface area contributed by atoms with Gasteiger partial charge in [0.2, 0.25) is 0 Å². The van der Waals surface area contributed by atoms with Crippen LogP contribution in [-0.4, -0.2) is 29.2 Å². The van der Waals surface area contributed by atoms with Crippen molar-refractivity contribution in [2.75, 3.05) is 6.54 Å². The number of aryl methyl sites for hydroxylation is 2. The molecule has 0 unspecified atom stereocenters. The Balaban J connectivity index is 1.51. The van der Waals surface area contributed by atoms with Gasteiger partial charge in [-0.1, -0.05) is 22.9 Å². The lowest BCUT2D eigenvalue weighted by atomic mass is 10.1. The number of amides is 2. The van der Waals surface area contributed by atoms with Gasteiger partial charge in [0.15, 0.2) is 0 Å². The van der Waals surface area contributed by atoms with Gasteiger partial charge in [0.1, 0.15) is 11.3 Å². The number of hydrogen-bond donors (Lipinski definition) is 0. The first kappa shape index (κ1) is 21.0. The number of fused-ring (bicyclic) bond motifs is 2. The maximum atomic E-state index is 12.5. The Morgan fingerprint density at radius 3 is 2.55 bits per heavy atom. The molecule has 31 heavy (non-hydrogen) atoms. The number of esters is 1. The normalized spacial score (nSPS) is 13.1. The minimum absolute atomic E-state index is 0.0912. The number of rotatable bonds is 5. The summed E-state index contributed by atoms with van der Waals surface area (Å²) in [4.78, 5) is 50.2. The zero-order chi connectivity index (χ0) is 22.3. The Morgan fingerprint density at radius 2 is 1.81 bits per heavy atom. The van der Waals surface area contributed by atoms with Gasteiger partial charge in [0, 0.05) is 28.5 Å². The summed E-state index contributed by atoms with van der Waals surface area (Å²) in [5.74, 6) is -1.18. The van der Waals surface area contributed by atoms with Crippen LogP contribution >= 0.6 is 15.9 Å². The van der Waals surface area contributed by atoms with Gasteiger partial charge in [-0.15, -0.1) is 0 Å². The molecular weight excluding hydrogens is 466 g/mol. The molecule has 8 heteroatoms. The molecule has 1 aliphatic heterocycles. The molecule has 2 aromatic carbocycles. The molecule has 0 spiro atoms. The van der Waals surface area contributed by atoms with Gasteiger partial charge in [-0.05, 0) is 48.7 Å². The Kier molecular flexibility index (Phi) is 5.49. The predicted octanol–water partition coefficient (Wildman–Crippen LogP) is 4.02. The number of imide groups is 1. The van der Waals surface area contributed by atoms with Gasteiger partial charge >= 0.3 is 11.6 Å². The van der Waals surface area contributed by atoms with E-state index in [-0.39, 0.29) is 13.0 Å². The highest BCUT2D eigenvalue weighted by Gasteiger charge is 2.35. The molecule has 0 aliphatic carbocycles. The fourth-order valence-corrected chi connectivity index (χ4v) is 3.97.